The van der Waals surface area contributed by atoms with E-state index < -0.39 is 0 Å². The molecule has 0 radical (unpaired) electrons. The van der Waals surface area contributed by atoms with Crippen molar-refractivity contribution in [3.05, 3.63) is 17.5 Å². The molecule has 15 heavy (non-hydrogen) atoms. The van der Waals surface area contributed by atoms with Gasteiger partial charge in [0.15, 0.2) is 5.82 Å². The van der Waals surface area contributed by atoms with Gasteiger partial charge in [0.2, 0.25) is 0 Å². The van der Waals surface area contributed by atoms with Crippen molar-refractivity contribution >= 4 is 23.3 Å². The molecule has 0 aliphatic carbocycles. The van der Waals surface area contributed by atoms with Crippen LogP contribution in [-0.2, 0) is 0 Å². The summed E-state index contributed by atoms with van der Waals surface area (Å²) in [6.45, 7) is 0.562. The van der Waals surface area contributed by atoms with Crippen molar-refractivity contribution in [1.29, 1.82) is 0 Å². The van der Waals surface area contributed by atoms with E-state index in [1.54, 1.807) is 0 Å². The van der Waals surface area contributed by atoms with Crippen LogP contribution in [0.1, 0.15) is 6.42 Å². The van der Waals surface area contributed by atoms with Gasteiger partial charge in [-0.3, -0.25) is 0 Å². The van der Waals surface area contributed by atoms with E-state index >= 15 is 0 Å². The van der Waals surface area contributed by atoms with Gasteiger partial charge in [0.05, 0.1) is 6.20 Å². The lowest BCUT2D eigenvalue weighted by Crippen LogP contribution is -2.25. The minimum absolute atomic E-state index is 0.173. The van der Waals surface area contributed by atoms with Gasteiger partial charge < -0.3 is 15.8 Å². The normalized spacial score (nSPS) is 11.5. The van der Waals surface area contributed by atoms with Gasteiger partial charge >= 0.3 is 0 Å². The van der Waals surface area contributed by atoms with Crippen LogP contribution in [0.3, 0.4) is 0 Å². The predicted octanol–water partition coefficient (Wildman–Crippen LogP) is 0.703. The number of rotatable bonds is 4. The maximum Gasteiger partial charge on any atom is 0.150 e. The van der Waals surface area contributed by atoms with E-state index in [2.05, 4.69) is 15.1 Å². The Balaban J connectivity index is 2.61. The predicted molar refractivity (Wildman–Crippen MR) is 58.3 cm³/mol. The van der Waals surface area contributed by atoms with Gasteiger partial charge in [-0.05, 0) is 0 Å². The molecule has 0 aliphatic rings. The summed E-state index contributed by atoms with van der Waals surface area (Å²) < 4.78 is 0. The molecule has 1 heterocycles. The summed E-state index contributed by atoms with van der Waals surface area (Å²) in [5.41, 5.74) is 5.34. The number of amidine groups is 1. The van der Waals surface area contributed by atoms with Crippen LogP contribution in [0, 0.1) is 0 Å². The highest BCUT2D eigenvalue weighted by Crippen LogP contribution is 2.19. The first-order valence-electron chi connectivity index (χ1n) is 4.28. The summed E-state index contributed by atoms with van der Waals surface area (Å²) >= 11 is 5.89. The molecule has 1 aromatic rings. The zero-order chi connectivity index (χ0) is 11.3. The Labute approximate surface area is 92.4 Å². The molecular weight excluding hydrogens is 218 g/mol. The minimum Gasteiger partial charge on any atom is -0.409 e. The van der Waals surface area contributed by atoms with Crippen LogP contribution in [-0.4, -0.2) is 34.6 Å². The molecule has 0 fully saturated rings. The van der Waals surface area contributed by atoms with Crippen LogP contribution in [0.4, 0.5) is 5.82 Å². The quantitative estimate of drug-likeness (QED) is 0.344. The number of hydrogen-bond donors (Lipinski definition) is 2. The zero-order valence-electron chi connectivity index (χ0n) is 8.26. The van der Waals surface area contributed by atoms with Crippen LogP contribution >= 0.6 is 11.6 Å². The number of anilines is 1. The van der Waals surface area contributed by atoms with Gasteiger partial charge in [-0.2, -0.15) is 0 Å². The van der Waals surface area contributed by atoms with E-state index in [4.69, 9.17) is 22.5 Å². The van der Waals surface area contributed by atoms with Crippen molar-refractivity contribution in [2.24, 2.45) is 10.9 Å². The molecule has 0 amide bonds. The van der Waals surface area contributed by atoms with Crippen LogP contribution in [0.2, 0.25) is 5.02 Å². The molecule has 0 saturated carbocycles. The van der Waals surface area contributed by atoms with Crippen molar-refractivity contribution < 1.29 is 5.21 Å². The van der Waals surface area contributed by atoms with E-state index in [1.807, 2.05) is 11.9 Å². The van der Waals surface area contributed by atoms with Gasteiger partial charge in [-0.15, -0.1) is 0 Å². The van der Waals surface area contributed by atoms with E-state index in [1.165, 1.54) is 12.5 Å². The fourth-order valence-electron chi connectivity index (χ4n) is 1.03. The molecule has 0 aliphatic heterocycles. The Morgan fingerprint density at radius 2 is 2.47 bits per heavy atom. The number of oxime groups is 1. The summed E-state index contributed by atoms with van der Waals surface area (Å²) in [6.07, 6.45) is 3.37. The zero-order valence-corrected chi connectivity index (χ0v) is 9.02. The van der Waals surface area contributed by atoms with Crippen molar-refractivity contribution in [2.75, 3.05) is 18.5 Å². The second-order valence-electron chi connectivity index (χ2n) is 2.96. The number of aromatic nitrogens is 2. The Kier molecular flexibility index (Phi) is 4.11. The fourth-order valence-corrected chi connectivity index (χ4v) is 1.27. The summed E-state index contributed by atoms with van der Waals surface area (Å²) in [4.78, 5) is 9.61. The van der Waals surface area contributed by atoms with Gasteiger partial charge in [0.25, 0.3) is 0 Å². The third-order valence-electron chi connectivity index (χ3n) is 1.84. The maximum absolute atomic E-state index is 8.37. The Morgan fingerprint density at radius 3 is 3.07 bits per heavy atom. The average molecular weight is 230 g/mol. The standard InChI is InChI=1S/C8H12ClN5O/c1-14(3-2-7(10)13-15)8-6(9)4-11-5-12-8/h4-5,15H,2-3H2,1H3,(H2,10,13). The molecule has 0 bridgehead atoms. The lowest BCUT2D eigenvalue weighted by atomic mass is 10.3. The molecular formula is C8H12ClN5O. The molecule has 0 unspecified atom stereocenters. The third-order valence-corrected chi connectivity index (χ3v) is 2.11. The van der Waals surface area contributed by atoms with Crippen molar-refractivity contribution in [3.8, 4) is 0 Å². The summed E-state index contributed by atoms with van der Waals surface area (Å²) in [7, 11) is 1.82. The van der Waals surface area contributed by atoms with Crippen LogP contribution < -0.4 is 10.6 Å². The second kappa shape index (κ2) is 5.35. The Bertz CT molecular complexity index is 357. The van der Waals surface area contributed by atoms with E-state index in [9.17, 15) is 0 Å². The highest BCUT2D eigenvalue weighted by atomic mass is 35.5. The minimum atomic E-state index is 0.173. The summed E-state index contributed by atoms with van der Waals surface area (Å²) in [6, 6.07) is 0. The van der Waals surface area contributed by atoms with Gasteiger partial charge in [-0.1, -0.05) is 16.8 Å². The van der Waals surface area contributed by atoms with Crippen molar-refractivity contribution in [2.45, 2.75) is 6.42 Å². The number of hydrogen-bond acceptors (Lipinski definition) is 5. The molecule has 82 valence electrons. The average Bonchev–Trinajstić information content (AvgIpc) is 2.26. The van der Waals surface area contributed by atoms with Crippen LogP contribution in [0.15, 0.2) is 17.7 Å². The molecule has 6 nitrogen and oxygen atoms in total. The third kappa shape index (κ3) is 3.25. The van der Waals surface area contributed by atoms with Gasteiger partial charge in [0, 0.05) is 20.0 Å². The van der Waals surface area contributed by atoms with Gasteiger partial charge in [-0.25, -0.2) is 9.97 Å². The molecule has 0 aromatic carbocycles. The van der Waals surface area contributed by atoms with Crippen molar-refractivity contribution in [3.63, 3.8) is 0 Å². The number of nitrogens with zero attached hydrogens (tertiary/aromatic N) is 4. The Morgan fingerprint density at radius 1 is 1.73 bits per heavy atom. The summed E-state index contributed by atoms with van der Waals surface area (Å²) in [5, 5.41) is 11.7. The highest BCUT2D eigenvalue weighted by molar-refractivity contribution is 6.32. The first kappa shape index (κ1) is 11.5. The largest absolute Gasteiger partial charge is 0.409 e. The summed E-state index contributed by atoms with van der Waals surface area (Å²) in [5.74, 6) is 0.796. The molecule has 0 saturated heterocycles. The smallest absolute Gasteiger partial charge is 0.150 e. The molecule has 0 spiro atoms. The fraction of sp³-hybridized carbons (Fsp3) is 0.375. The second-order valence-corrected chi connectivity index (χ2v) is 3.36. The van der Waals surface area contributed by atoms with E-state index in [0.29, 0.717) is 23.8 Å². The van der Waals surface area contributed by atoms with E-state index in [0.717, 1.165) is 0 Å². The van der Waals surface area contributed by atoms with E-state index in [-0.39, 0.29) is 5.84 Å². The topological polar surface area (TPSA) is 87.6 Å². The van der Waals surface area contributed by atoms with Crippen LogP contribution in [0.5, 0.6) is 0 Å². The molecule has 7 heteroatoms. The van der Waals surface area contributed by atoms with Crippen molar-refractivity contribution in [1.82, 2.24) is 9.97 Å². The highest BCUT2D eigenvalue weighted by Gasteiger charge is 2.07. The number of halogens is 1. The lowest BCUT2D eigenvalue weighted by Gasteiger charge is -2.18. The maximum atomic E-state index is 8.37. The SMILES string of the molecule is CN(CCC(N)=NO)c1ncncc1Cl. The monoisotopic (exact) mass is 229 g/mol. The lowest BCUT2D eigenvalue weighted by molar-refractivity contribution is 0.317. The molecule has 1 rings (SSSR count). The molecule has 3 N–H and O–H groups in total. The van der Waals surface area contributed by atoms with Gasteiger partial charge in [0.1, 0.15) is 17.2 Å². The number of nitrogens with two attached hydrogens (primary N) is 1. The first-order chi connectivity index (χ1) is 7.15. The molecule has 1 aromatic heterocycles. The Hall–Kier alpha value is -1.56. The first-order valence-corrected chi connectivity index (χ1v) is 4.66. The molecule has 0 atom stereocenters. The van der Waals surface area contributed by atoms with Crippen LogP contribution in [0.25, 0.3) is 0 Å².